The van der Waals surface area contributed by atoms with Gasteiger partial charge in [-0.3, -0.25) is 9.59 Å². The van der Waals surface area contributed by atoms with Gasteiger partial charge in [-0.25, -0.2) is 0 Å². The summed E-state index contributed by atoms with van der Waals surface area (Å²) >= 11 is 3.32. The van der Waals surface area contributed by atoms with E-state index in [9.17, 15) is 9.59 Å². The fraction of sp³-hybridized carbons (Fsp3) is 0.333. The Labute approximate surface area is 118 Å². The molecule has 0 aliphatic carbocycles. The van der Waals surface area contributed by atoms with E-state index in [1.165, 1.54) is 6.92 Å². The number of hydrogen-bond acceptors (Lipinski definition) is 4. The van der Waals surface area contributed by atoms with Crippen LogP contribution in [0.3, 0.4) is 0 Å². The third kappa shape index (κ3) is 2.98. The second kappa shape index (κ2) is 5.48. The van der Waals surface area contributed by atoms with Gasteiger partial charge in [0.05, 0.1) is 4.47 Å². The van der Waals surface area contributed by atoms with Crippen LogP contribution in [0.4, 0.5) is 0 Å². The molecule has 0 saturated heterocycles. The van der Waals surface area contributed by atoms with Crippen molar-refractivity contribution >= 4 is 27.7 Å². The zero-order chi connectivity index (χ0) is 14.0. The Bertz CT molecular complexity index is 533. The second-order valence-electron chi connectivity index (χ2n) is 4.08. The lowest BCUT2D eigenvalue weighted by Crippen LogP contribution is -2.42. The lowest BCUT2D eigenvalue weighted by atomic mass is 10.1. The number of nitrogens with two attached hydrogens (primary N) is 1. The zero-order valence-electron chi connectivity index (χ0n) is 10.2. The van der Waals surface area contributed by atoms with Crippen LogP contribution in [0, 0.1) is 0 Å². The van der Waals surface area contributed by atoms with Gasteiger partial charge in [0.1, 0.15) is 19.3 Å². The molecule has 0 bridgehead atoms. The van der Waals surface area contributed by atoms with Gasteiger partial charge < -0.3 is 20.5 Å². The first-order valence-electron chi connectivity index (χ1n) is 5.68. The molecule has 1 aromatic rings. The molecular weight excluding hydrogens is 316 g/mol. The molecular formula is C12H13BrN2O4. The largest absolute Gasteiger partial charge is 0.486 e. The molecule has 0 aromatic heterocycles. The fourth-order valence-electron chi connectivity index (χ4n) is 1.59. The Morgan fingerprint density at radius 3 is 2.74 bits per heavy atom. The molecule has 0 saturated carbocycles. The van der Waals surface area contributed by atoms with Crippen molar-refractivity contribution in [3.8, 4) is 11.5 Å². The molecule has 2 amide bonds. The van der Waals surface area contributed by atoms with Gasteiger partial charge in [-0.1, -0.05) is 0 Å². The summed E-state index contributed by atoms with van der Waals surface area (Å²) in [5.41, 5.74) is 5.46. The van der Waals surface area contributed by atoms with Crippen LogP contribution in [-0.4, -0.2) is 31.1 Å². The van der Waals surface area contributed by atoms with E-state index in [0.717, 1.165) is 0 Å². The molecule has 2 rings (SSSR count). The molecule has 19 heavy (non-hydrogen) atoms. The van der Waals surface area contributed by atoms with Crippen molar-refractivity contribution in [3.05, 3.63) is 22.2 Å². The average molecular weight is 329 g/mol. The molecule has 0 spiro atoms. The minimum atomic E-state index is -0.737. The predicted molar refractivity (Wildman–Crippen MR) is 71.3 cm³/mol. The van der Waals surface area contributed by atoms with Crippen LogP contribution in [0.15, 0.2) is 16.6 Å². The summed E-state index contributed by atoms with van der Waals surface area (Å²) in [5, 5.41) is 2.50. The number of benzene rings is 1. The van der Waals surface area contributed by atoms with Gasteiger partial charge in [-0.2, -0.15) is 0 Å². The van der Waals surface area contributed by atoms with Gasteiger partial charge in [0.15, 0.2) is 11.5 Å². The number of fused-ring (bicyclic) bond motifs is 1. The van der Waals surface area contributed by atoms with E-state index in [1.54, 1.807) is 12.1 Å². The molecule has 1 heterocycles. The van der Waals surface area contributed by atoms with Gasteiger partial charge >= 0.3 is 0 Å². The topological polar surface area (TPSA) is 90.7 Å². The number of halogens is 1. The number of rotatable bonds is 3. The van der Waals surface area contributed by atoms with Crippen molar-refractivity contribution in [1.82, 2.24) is 5.32 Å². The standard InChI is InChI=1S/C12H13BrN2O4/c1-6(11(14)16)15-12(17)7-4-8(13)10-9(5-7)18-2-3-19-10/h4-6H,2-3H2,1H3,(H2,14,16)(H,15,17)/t6-/m0/s1. The van der Waals surface area contributed by atoms with Gasteiger partial charge in [0.2, 0.25) is 5.91 Å². The molecule has 102 valence electrons. The van der Waals surface area contributed by atoms with Gasteiger partial charge in [-0.15, -0.1) is 0 Å². The molecule has 1 aliphatic heterocycles. The summed E-state index contributed by atoms with van der Waals surface area (Å²) in [7, 11) is 0. The summed E-state index contributed by atoms with van der Waals surface area (Å²) in [4.78, 5) is 22.9. The van der Waals surface area contributed by atoms with Gasteiger partial charge in [0.25, 0.3) is 5.91 Å². The SMILES string of the molecule is C[C@H](NC(=O)c1cc(Br)c2c(c1)OCCO2)C(N)=O. The van der Waals surface area contributed by atoms with E-state index in [2.05, 4.69) is 21.2 Å². The minimum absolute atomic E-state index is 0.365. The van der Waals surface area contributed by atoms with E-state index in [-0.39, 0.29) is 0 Å². The smallest absolute Gasteiger partial charge is 0.252 e. The molecule has 1 atom stereocenters. The highest BCUT2D eigenvalue weighted by Gasteiger charge is 2.20. The first kappa shape index (κ1) is 13.7. The third-order valence-electron chi connectivity index (χ3n) is 2.63. The number of carbonyl (C=O) groups is 2. The summed E-state index contributed by atoms with van der Waals surface area (Å²) in [6.07, 6.45) is 0. The van der Waals surface area contributed by atoms with E-state index in [1.807, 2.05) is 0 Å². The molecule has 7 heteroatoms. The number of primary amides is 1. The lowest BCUT2D eigenvalue weighted by molar-refractivity contribution is -0.119. The lowest BCUT2D eigenvalue weighted by Gasteiger charge is -2.20. The van der Waals surface area contributed by atoms with Crippen LogP contribution >= 0.6 is 15.9 Å². The van der Waals surface area contributed by atoms with Crippen molar-refractivity contribution in [3.63, 3.8) is 0 Å². The maximum atomic E-state index is 12.0. The highest BCUT2D eigenvalue weighted by molar-refractivity contribution is 9.10. The molecule has 1 aromatic carbocycles. The normalized spacial score (nSPS) is 14.6. The summed E-state index contributed by atoms with van der Waals surface area (Å²) < 4.78 is 11.5. The number of hydrogen-bond donors (Lipinski definition) is 2. The molecule has 0 radical (unpaired) electrons. The van der Waals surface area contributed by atoms with Crippen LogP contribution in [0.2, 0.25) is 0 Å². The van der Waals surface area contributed by atoms with Gasteiger partial charge in [-0.05, 0) is 35.0 Å². The van der Waals surface area contributed by atoms with Crippen LogP contribution in [-0.2, 0) is 4.79 Å². The predicted octanol–water partition coefficient (Wildman–Crippen LogP) is 0.824. The molecule has 6 nitrogen and oxygen atoms in total. The molecule has 0 unspecified atom stereocenters. The Hall–Kier alpha value is -1.76. The maximum Gasteiger partial charge on any atom is 0.252 e. The first-order chi connectivity index (χ1) is 8.99. The molecule has 3 N–H and O–H groups in total. The number of ether oxygens (including phenoxy) is 2. The monoisotopic (exact) mass is 328 g/mol. The Morgan fingerprint density at radius 2 is 2.05 bits per heavy atom. The van der Waals surface area contributed by atoms with Gasteiger partial charge in [0, 0.05) is 5.56 Å². The van der Waals surface area contributed by atoms with Crippen LogP contribution in [0.25, 0.3) is 0 Å². The Balaban J connectivity index is 2.23. The number of nitrogens with one attached hydrogen (secondary N) is 1. The zero-order valence-corrected chi connectivity index (χ0v) is 11.8. The molecule has 0 fully saturated rings. The van der Waals surface area contributed by atoms with E-state index < -0.39 is 17.9 Å². The van der Waals surface area contributed by atoms with Crippen LogP contribution in [0.5, 0.6) is 11.5 Å². The first-order valence-corrected chi connectivity index (χ1v) is 6.47. The van der Waals surface area contributed by atoms with Crippen molar-refractivity contribution in [1.29, 1.82) is 0 Å². The highest BCUT2D eigenvalue weighted by atomic mass is 79.9. The average Bonchev–Trinajstić information content (AvgIpc) is 2.38. The van der Waals surface area contributed by atoms with Crippen molar-refractivity contribution in [2.45, 2.75) is 13.0 Å². The van der Waals surface area contributed by atoms with Crippen molar-refractivity contribution in [2.75, 3.05) is 13.2 Å². The van der Waals surface area contributed by atoms with Crippen molar-refractivity contribution in [2.24, 2.45) is 5.73 Å². The second-order valence-corrected chi connectivity index (χ2v) is 4.93. The molecule has 1 aliphatic rings. The van der Waals surface area contributed by atoms with E-state index in [4.69, 9.17) is 15.2 Å². The number of amides is 2. The van der Waals surface area contributed by atoms with E-state index >= 15 is 0 Å². The van der Waals surface area contributed by atoms with E-state index in [0.29, 0.717) is 34.7 Å². The van der Waals surface area contributed by atoms with Crippen molar-refractivity contribution < 1.29 is 19.1 Å². The van der Waals surface area contributed by atoms with Crippen LogP contribution in [0.1, 0.15) is 17.3 Å². The highest BCUT2D eigenvalue weighted by Crippen LogP contribution is 2.38. The minimum Gasteiger partial charge on any atom is -0.486 e. The summed E-state index contributed by atoms with van der Waals surface area (Å²) in [6.45, 7) is 2.42. The fourth-order valence-corrected chi connectivity index (χ4v) is 2.15. The number of carbonyl (C=O) groups excluding carboxylic acids is 2. The summed E-state index contributed by atoms with van der Waals surface area (Å²) in [6, 6.07) is 2.44. The van der Waals surface area contributed by atoms with Crippen LogP contribution < -0.4 is 20.5 Å². The third-order valence-corrected chi connectivity index (χ3v) is 3.22. The Morgan fingerprint density at radius 1 is 1.37 bits per heavy atom. The Kier molecular flexibility index (Phi) is 3.94. The maximum absolute atomic E-state index is 12.0. The quantitative estimate of drug-likeness (QED) is 0.859. The summed E-state index contributed by atoms with van der Waals surface area (Å²) in [5.74, 6) is 0.0807.